The molecule has 0 rings (SSSR count). The first kappa shape index (κ1) is 16.3. The van der Waals surface area contributed by atoms with E-state index in [9.17, 15) is 0 Å². The highest BCUT2D eigenvalue weighted by atomic mass is 16.6. The lowest BCUT2D eigenvalue weighted by Crippen LogP contribution is -2.10. The first-order chi connectivity index (χ1) is 6.58. The monoisotopic (exact) mass is 208 g/mol. The Hall–Kier alpha value is -0.160. The summed E-state index contributed by atoms with van der Waals surface area (Å²) in [6, 6.07) is 0. The molecule has 0 aliphatic rings. The molecular weight excluding hydrogens is 184 g/mol. The number of ether oxygens (including phenoxy) is 1. The molecule has 0 heterocycles. The second kappa shape index (κ2) is 12.8. The minimum Gasteiger partial charge on any atom is -0.394 e. The predicted molar refractivity (Wildman–Crippen MR) is 55.9 cm³/mol. The summed E-state index contributed by atoms with van der Waals surface area (Å²) in [5, 5.41) is 24.9. The van der Waals surface area contributed by atoms with Gasteiger partial charge in [-0.1, -0.05) is 20.3 Å². The fourth-order valence-electron chi connectivity index (χ4n) is 0.482. The average Bonchev–Trinajstić information content (AvgIpc) is 2.19. The largest absolute Gasteiger partial charge is 0.394 e. The summed E-state index contributed by atoms with van der Waals surface area (Å²) in [5.74, 6) is 0. The van der Waals surface area contributed by atoms with Crippen LogP contribution >= 0.6 is 0 Å². The molecule has 0 saturated heterocycles. The molecule has 0 aliphatic carbocycles. The molecule has 0 fully saturated rings. The number of rotatable bonds is 6. The topological polar surface area (TPSA) is 69.9 Å². The third-order valence-electron chi connectivity index (χ3n) is 1.42. The maximum atomic E-state index is 8.86. The molecule has 3 N–H and O–H groups in total. The minimum atomic E-state index is -0.560. The molecule has 0 bridgehead atoms. The first-order valence-electron chi connectivity index (χ1n) is 5.17. The zero-order valence-corrected chi connectivity index (χ0v) is 9.44. The summed E-state index contributed by atoms with van der Waals surface area (Å²) >= 11 is 0. The third kappa shape index (κ3) is 17.8. The van der Waals surface area contributed by atoms with Crippen molar-refractivity contribution in [3.05, 3.63) is 0 Å². The van der Waals surface area contributed by atoms with Crippen molar-refractivity contribution >= 4 is 0 Å². The number of aliphatic hydroxyl groups excluding tert-OH is 3. The quantitative estimate of drug-likeness (QED) is 0.448. The summed E-state index contributed by atoms with van der Waals surface area (Å²) in [7, 11) is 0. The van der Waals surface area contributed by atoms with E-state index in [0.717, 1.165) is 12.8 Å². The van der Waals surface area contributed by atoms with Crippen molar-refractivity contribution in [3.8, 4) is 0 Å². The standard InChI is InChI=1S/C7H16O2.C3H8O2/c1-3-5-6-9-7(8)4-2;1-3(5)2-4/h7-8H,3-6H2,1-2H3;3-5H,2H2,1H3. The van der Waals surface area contributed by atoms with E-state index in [0.29, 0.717) is 13.0 Å². The van der Waals surface area contributed by atoms with Crippen LogP contribution in [0.3, 0.4) is 0 Å². The van der Waals surface area contributed by atoms with Crippen LogP contribution in [0.2, 0.25) is 0 Å². The van der Waals surface area contributed by atoms with Gasteiger partial charge in [0.15, 0.2) is 6.29 Å². The Balaban J connectivity index is 0. The Labute approximate surface area is 86.5 Å². The van der Waals surface area contributed by atoms with Crippen molar-refractivity contribution in [2.24, 2.45) is 0 Å². The van der Waals surface area contributed by atoms with E-state index in [2.05, 4.69) is 6.92 Å². The van der Waals surface area contributed by atoms with Gasteiger partial charge >= 0.3 is 0 Å². The van der Waals surface area contributed by atoms with Gasteiger partial charge in [0.1, 0.15) is 0 Å². The smallest absolute Gasteiger partial charge is 0.154 e. The van der Waals surface area contributed by atoms with Crippen LogP contribution in [0.25, 0.3) is 0 Å². The lowest BCUT2D eigenvalue weighted by molar-refractivity contribution is -0.101. The Morgan fingerprint density at radius 2 is 1.71 bits per heavy atom. The lowest BCUT2D eigenvalue weighted by Gasteiger charge is -2.07. The van der Waals surface area contributed by atoms with Crippen LogP contribution in [0.4, 0.5) is 0 Å². The molecule has 2 atom stereocenters. The summed E-state index contributed by atoms with van der Waals surface area (Å²) in [4.78, 5) is 0. The van der Waals surface area contributed by atoms with E-state index in [-0.39, 0.29) is 6.61 Å². The van der Waals surface area contributed by atoms with Gasteiger partial charge in [-0.05, 0) is 19.8 Å². The molecule has 0 amide bonds. The second-order valence-electron chi connectivity index (χ2n) is 3.12. The van der Waals surface area contributed by atoms with Crippen LogP contribution in [0.5, 0.6) is 0 Å². The van der Waals surface area contributed by atoms with Crippen LogP contribution < -0.4 is 0 Å². The highest BCUT2D eigenvalue weighted by Crippen LogP contribution is 1.95. The molecule has 88 valence electrons. The van der Waals surface area contributed by atoms with Crippen LogP contribution in [-0.4, -0.2) is 40.9 Å². The van der Waals surface area contributed by atoms with Gasteiger partial charge in [0.2, 0.25) is 0 Å². The van der Waals surface area contributed by atoms with Gasteiger partial charge in [-0.3, -0.25) is 0 Å². The molecule has 2 unspecified atom stereocenters. The Morgan fingerprint density at radius 3 is 2.00 bits per heavy atom. The van der Waals surface area contributed by atoms with Gasteiger partial charge in [0.05, 0.1) is 12.7 Å². The van der Waals surface area contributed by atoms with Gasteiger partial charge in [-0.15, -0.1) is 0 Å². The van der Waals surface area contributed by atoms with Gasteiger partial charge in [0, 0.05) is 6.61 Å². The van der Waals surface area contributed by atoms with Crippen LogP contribution in [0, 0.1) is 0 Å². The number of hydrogen-bond donors (Lipinski definition) is 3. The molecule has 0 aromatic rings. The normalized spacial score (nSPS) is 14.1. The highest BCUT2D eigenvalue weighted by molar-refractivity contribution is 4.35. The molecule has 14 heavy (non-hydrogen) atoms. The van der Waals surface area contributed by atoms with Gasteiger partial charge in [0.25, 0.3) is 0 Å². The molecule has 0 aromatic carbocycles. The van der Waals surface area contributed by atoms with Crippen LogP contribution in [0.1, 0.15) is 40.0 Å². The van der Waals surface area contributed by atoms with E-state index in [4.69, 9.17) is 20.1 Å². The first-order valence-corrected chi connectivity index (χ1v) is 5.17. The molecular formula is C10H24O4. The van der Waals surface area contributed by atoms with Gasteiger partial charge in [-0.25, -0.2) is 0 Å². The number of unbranched alkanes of at least 4 members (excludes halogenated alkanes) is 1. The SMILES string of the molecule is CC(O)CO.CCCCOC(O)CC. The van der Waals surface area contributed by atoms with E-state index < -0.39 is 12.4 Å². The van der Waals surface area contributed by atoms with E-state index in [1.807, 2.05) is 6.92 Å². The second-order valence-corrected chi connectivity index (χ2v) is 3.12. The molecule has 0 saturated carbocycles. The van der Waals surface area contributed by atoms with E-state index in [1.165, 1.54) is 6.92 Å². The van der Waals surface area contributed by atoms with Crippen molar-refractivity contribution in [1.82, 2.24) is 0 Å². The summed E-state index contributed by atoms with van der Waals surface area (Å²) in [6.45, 7) is 6.07. The van der Waals surface area contributed by atoms with E-state index >= 15 is 0 Å². The zero-order chi connectivity index (χ0) is 11.4. The Bertz CT molecular complexity index is 96.1. The van der Waals surface area contributed by atoms with Crippen molar-refractivity contribution in [3.63, 3.8) is 0 Å². The van der Waals surface area contributed by atoms with Gasteiger partial charge in [-0.2, -0.15) is 0 Å². The fraction of sp³-hybridized carbons (Fsp3) is 1.00. The molecule has 0 aromatic heterocycles. The fourth-order valence-corrected chi connectivity index (χ4v) is 0.482. The Kier molecular flexibility index (Phi) is 14.9. The van der Waals surface area contributed by atoms with Crippen molar-refractivity contribution in [2.75, 3.05) is 13.2 Å². The zero-order valence-electron chi connectivity index (χ0n) is 9.44. The maximum Gasteiger partial charge on any atom is 0.154 e. The molecule has 0 spiro atoms. The molecule has 0 aliphatic heterocycles. The molecule has 4 heteroatoms. The third-order valence-corrected chi connectivity index (χ3v) is 1.42. The minimum absolute atomic E-state index is 0.139. The summed E-state index contributed by atoms with van der Waals surface area (Å²) in [6.07, 6.45) is 1.74. The predicted octanol–water partition coefficient (Wildman–Crippen LogP) is 0.891. The van der Waals surface area contributed by atoms with Crippen LogP contribution in [-0.2, 0) is 4.74 Å². The average molecular weight is 208 g/mol. The Morgan fingerprint density at radius 1 is 1.21 bits per heavy atom. The van der Waals surface area contributed by atoms with Crippen molar-refractivity contribution in [1.29, 1.82) is 0 Å². The lowest BCUT2D eigenvalue weighted by atomic mass is 10.4. The summed E-state index contributed by atoms with van der Waals surface area (Å²) in [5.41, 5.74) is 0. The molecule has 4 nitrogen and oxygen atoms in total. The maximum absolute atomic E-state index is 8.86. The highest BCUT2D eigenvalue weighted by Gasteiger charge is 1.96. The van der Waals surface area contributed by atoms with E-state index in [1.54, 1.807) is 0 Å². The van der Waals surface area contributed by atoms with Crippen LogP contribution in [0.15, 0.2) is 0 Å². The van der Waals surface area contributed by atoms with Crippen molar-refractivity contribution in [2.45, 2.75) is 52.4 Å². The van der Waals surface area contributed by atoms with Gasteiger partial charge < -0.3 is 20.1 Å². The number of aliphatic hydroxyl groups is 3. The molecule has 0 radical (unpaired) electrons. The van der Waals surface area contributed by atoms with Crippen molar-refractivity contribution < 1.29 is 20.1 Å². The summed E-state index contributed by atoms with van der Waals surface area (Å²) < 4.78 is 4.99. The number of hydrogen-bond acceptors (Lipinski definition) is 4.